The number of hydrogen-bond donors (Lipinski definition) is 0. The van der Waals surface area contributed by atoms with Gasteiger partial charge >= 0.3 is 0 Å². The average molecular weight is 317 g/mol. The summed E-state index contributed by atoms with van der Waals surface area (Å²) in [6.07, 6.45) is 1.18. The predicted octanol–water partition coefficient (Wildman–Crippen LogP) is 2.39. The minimum absolute atomic E-state index is 0.227. The summed E-state index contributed by atoms with van der Waals surface area (Å²) in [4.78, 5) is 4.65. The molecule has 0 radical (unpaired) electrons. The Labute approximate surface area is 123 Å². The molecule has 1 atom stereocenters. The van der Waals surface area contributed by atoms with Crippen LogP contribution in [0.25, 0.3) is 11.0 Å². The van der Waals surface area contributed by atoms with Crippen LogP contribution in [0.2, 0.25) is 0 Å². The zero-order valence-corrected chi connectivity index (χ0v) is 13.2. The van der Waals surface area contributed by atoms with E-state index in [-0.39, 0.29) is 10.3 Å². The van der Waals surface area contributed by atoms with Crippen molar-refractivity contribution in [3.8, 4) is 0 Å². The van der Waals surface area contributed by atoms with Gasteiger partial charge in [-0.05, 0) is 19.1 Å². The standard InChI is InChI=1S/C13H17ClN2O3S/c1-9(14)13-15-12-10(16(13)7-8-19-2)5-4-6-11(12)20(3,17)18/h4-6,9H,7-8H2,1-3H3. The van der Waals surface area contributed by atoms with Gasteiger partial charge in [0.05, 0.1) is 22.4 Å². The third-order valence-corrected chi connectivity index (χ3v) is 4.37. The summed E-state index contributed by atoms with van der Waals surface area (Å²) >= 11 is 6.15. The Kier molecular flexibility index (Phi) is 4.36. The number of sulfone groups is 1. The monoisotopic (exact) mass is 316 g/mol. The highest BCUT2D eigenvalue weighted by molar-refractivity contribution is 7.91. The van der Waals surface area contributed by atoms with E-state index in [1.165, 1.54) is 6.26 Å². The highest BCUT2D eigenvalue weighted by Crippen LogP contribution is 2.28. The van der Waals surface area contributed by atoms with Gasteiger partial charge in [0.1, 0.15) is 11.3 Å². The number of nitrogens with zero attached hydrogens (tertiary/aromatic N) is 2. The molecular weight excluding hydrogens is 300 g/mol. The van der Waals surface area contributed by atoms with Crippen molar-refractivity contribution in [2.45, 2.75) is 23.7 Å². The molecule has 0 aliphatic carbocycles. The third kappa shape index (κ3) is 2.82. The van der Waals surface area contributed by atoms with E-state index < -0.39 is 9.84 Å². The number of imidazole rings is 1. The second-order valence-corrected chi connectivity index (χ2v) is 7.27. The summed E-state index contributed by atoms with van der Waals surface area (Å²) in [5.74, 6) is 0.648. The first-order valence-corrected chi connectivity index (χ1v) is 8.51. The summed E-state index contributed by atoms with van der Waals surface area (Å²) in [7, 11) is -1.71. The van der Waals surface area contributed by atoms with Crippen molar-refractivity contribution >= 4 is 32.5 Å². The van der Waals surface area contributed by atoms with Gasteiger partial charge in [0, 0.05) is 19.9 Å². The normalized spacial score (nSPS) is 13.8. The molecule has 0 saturated heterocycles. The molecule has 0 saturated carbocycles. The Balaban J connectivity index is 2.73. The number of halogens is 1. The van der Waals surface area contributed by atoms with Crippen molar-refractivity contribution in [1.29, 1.82) is 0 Å². The van der Waals surface area contributed by atoms with E-state index in [1.807, 2.05) is 17.6 Å². The van der Waals surface area contributed by atoms with Crippen LogP contribution in [0.1, 0.15) is 18.1 Å². The van der Waals surface area contributed by atoms with Gasteiger partial charge in [-0.15, -0.1) is 11.6 Å². The Hall–Kier alpha value is -1.11. The summed E-state index contributed by atoms with van der Waals surface area (Å²) in [5.41, 5.74) is 1.22. The maximum absolute atomic E-state index is 11.8. The van der Waals surface area contributed by atoms with Crippen molar-refractivity contribution in [3.05, 3.63) is 24.0 Å². The van der Waals surface area contributed by atoms with Crippen LogP contribution in [0.3, 0.4) is 0 Å². The van der Waals surface area contributed by atoms with Crippen molar-refractivity contribution in [3.63, 3.8) is 0 Å². The zero-order valence-electron chi connectivity index (χ0n) is 11.6. The fourth-order valence-electron chi connectivity index (χ4n) is 2.16. The number of rotatable bonds is 5. The first kappa shape index (κ1) is 15.3. The first-order chi connectivity index (χ1) is 9.36. The van der Waals surface area contributed by atoms with Gasteiger partial charge in [0.2, 0.25) is 0 Å². The summed E-state index contributed by atoms with van der Waals surface area (Å²) < 4.78 is 30.7. The Morgan fingerprint density at radius 1 is 1.45 bits per heavy atom. The summed E-state index contributed by atoms with van der Waals surface area (Å²) in [5, 5.41) is -0.313. The third-order valence-electron chi connectivity index (χ3n) is 3.05. The fraction of sp³-hybridized carbons (Fsp3) is 0.462. The quantitative estimate of drug-likeness (QED) is 0.795. The Morgan fingerprint density at radius 3 is 2.70 bits per heavy atom. The van der Waals surface area contributed by atoms with Crippen LogP contribution < -0.4 is 0 Å². The summed E-state index contributed by atoms with van der Waals surface area (Å²) in [6.45, 7) is 2.89. The van der Waals surface area contributed by atoms with Gasteiger partial charge in [-0.25, -0.2) is 13.4 Å². The molecular formula is C13H17ClN2O3S. The van der Waals surface area contributed by atoms with Gasteiger partial charge in [0.25, 0.3) is 0 Å². The molecule has 20 heavy (non-hydrogen) atoms. The van der Waals surface area contributed by atoms with Crippen molar-refractivity contribution in [2.75, 3.05) is 20.0 Å². The van der Waals surface area contributed by atoms with Crippen LogP contribution >= 0.6 is 11.6 Å². The molecule has 1 aromatic carbocycles. The minimum Gasteiger partial charge on any atom is -0.383 e. The van der Waals surface area contributed by atoms with Gasteiger partial charge in [-0.3, -0.25) is 0 Å². The van der Waals surface area contributed by atoms with Crippen LogP contribution in [-0.4, -0.2) is 37.9 Å². The number of alkyl halides is 1. The largest absolute Gasteiger partial charge is 0.383 e. The lowest BCUT2D eigenvalue weighted by atomic mass is 10.3. The van der Waals surface area contributed by atoms with Crippen LogP contribution in [-0.2, 0) is 21.1 Å². The van der Waals surface area contributed by atoms with E-state index >= 15 is 0 Å². The lowest BCUT2D eigenvalue weighted by Crippen LogP contribution is -2.08. The highest BCUT2D eigenvalue weighted by Gasteiger charge is 2.20. The van der Waals surface area contributed by atoms with E-state index in [0.29, 0.717) is 24.5 Å². The molecule has 0 N–H and O–H groups in total. The van der Waals surface area contributed by atoms with Crippen molar-refractivity contribution in [2.24, 2.45) is 0 Å². The van der Waals surface area contributed by atoms with E-state index in [9.17, 15) is 8.42 Å². The molecule has 5 nitrogen and oxygen atoms in total. The summed E-state index contributed by atoms with van der Waals surface area (Å²) in [6, 6.07) is 5.12. The molecule has 0 aliphatic heterocycles. The molecule has 0 spiro atoms. The number of aromatic nitrogens is 2. The van der Waals surface area contributed by atoms with E-state index in [0.717, 1.165) is 5.52 Å². The van der Waals surface area contributed by atoms with Crippen molar-refractivity contribution in [1.82, 2.24) is 9.55 Å². The van der Waals surface area contributed by atoms with Crippen LogP contribution in [0.15, 0.2) is 23.1 Å². The number of para-hydroxylation sites is 1. The fourth-order valence-corrected chi connectivity index (χ4v) is 3.15. The van der Waals surface area contributed by atoms with Crippen LogP contribution in [0, 0.1) is 0 Å². The lowest BCUT2D eigenvalue weighted by molar-refractivity contribution is 0.187. The number of methoxy groups -OCH3 is 1. The minimum atomic E-state index is -3.33. The lowest BCUT2D eigenvalue weighted by Gasteiger charge is -2.09. The number of hydrogen-bond acceptors (Lipinski definition) is 4. The number of ether oxygens (including phenoxy) is 1. The van der Waals surface area contributed by atoms with Crippen LogP contribution in [0.4, 0.5) is 0 Å². The maximum Gasteiger partial charge on any atom is 0.177 e. The SMILES string of the molecule is COCCn1c(C(C)Cl)nc2c(S(C)(=O)=O)cccc21. The molecule has 1 unspecified atom stereocenters. The Bertz CT molecular complexity index is 723. The molecule has 7 heteroatoms. The molecule has 2 rings (SSSR count). The molecule has 110 valence electrons. The first-order valence-electron chi connectivity index (χ1n) is 6.18. The number of fused-ring (bicyclic) bond motifs is 1. The van der Waals surface area contributed by atoms with E-state index in [4.69, 9.17) is 16.3 Å². The molecule has 0 bridgehead atoms. The smallest absolute Gasteiger partial charge is 0.177 e. The van der Waals surface area contributed by atoms with Gasteiger partial charge in [-0.2, -0.15) is 0 Å². The molecule has 2 aromatic rings. The van der Waals surface area contributed by atoms with Gasteiger partial charge in [-0.1, -0.05) is 6.07 Å². The second-order valence-electron chi connectivity index (χ2n) is 4.63. The van der Waals surface area contributed by atoms with Gasteiger partial charge < -0.3 is 9.30 Å². The predicted molar refractivity (Wildman–Crippen MR) is 79.0 cm³/mol. The molecule has 1 heterocycles. The molecule has 0 fully saturated rings. The topological polar surface area (TPSA) is 61.2 Å². The molecule has 0 aliphatic rings. The van der Waals surface area contributed by atoms with Gasteiger partial charge in [0.15, 0.2) is 9.84 Å². The van der Waals surface area contributed by atoms with E-state index in [2.05, 4.69) is 4.98 Å². The van der Waals surface area contributed by atoms with Crippen molar-refractivity contribution < 1.29 is 13.2 Å². The van der Waals surface area contributed by atoms with E-state index in [1.54, 1.807) is 19.2 Å². The molecule has 1 aromatic heterocycles. The number of benzene rings is 1. The maximum atomic E-state index is 11.8. The molecule has 0 amide bonds. The Morgan fingerprint density at radius 2 is 2.15 bits per heavy atom. The second kappa shape index (κ2) is 5.71. The van der Waals surface area contributed by atoms with Crippen LogP contribution in [0.5, 0.6) is 0 Å². The highest BCUT2D eigenvalue weighted by atomic mass is 35.5. The average Bonchev–Trinajstić information content (AvgIpc) is 2.73. The zero-order chi connectivity index (χ0) is 14.9.